The molecule has 0 fully saturated rings. The van der Waals surface area contributed by atoms with Gasteiger partial charge in [-0.2, -0.15) is 0 Å². The molecular formula is C14H13F2N3O2. The molecule has 0 aliphatic rings. The number of carbonyl (C=O) groups excluding carboxylic acids is 1. The van der Waals surface area contributed by atoms with Gasteiger partial charge in [0, 0.05) is 0 Å². The summed E-state index contributed by atoms with van der Waals surface area (Å²) in [5.41, 5.74) is 0.129. The number of pyridine rings is 1. The van der Waals surface area contributed by atoms with Gasteiger partial charge in [-0.25, -0.2) is 18.6 Å². The van der Waals surface area contributed by atoms with Gasteiger partial charge in [0.05, 0.1) is 18.5 Å². The Balaban J connectivity index is 2.07. The summed E-state index contributed by atoms with van der Waals surface area (Å²) in [5, 5.41) is 5.00. The van der Waals surface area contributed by atoms with Crippen molar-refractivity contribution in [1.29, 1.82) is 0 Å². The van der Waals surface area contributed by atoms with Crippen LogP contribution >= 0.6 is 0 Å². The minimum Gasteiger partial charge on any atom is -0.450 e. The lowest BCUT2D eigenvalue weighted by Crippen LogP contribution is -2.13. The van der Waals surface area contributed by atoms with Crippen LogP contribution < -0.4 is 10.6 Å². The number of benzene rings is 1. The number of nitrogens with zero attached hydrogens (tertiary/aromatic N) is 1. The fourth-order valence-electron chi connectivity index (χ4n) is 1.57. The smallest absolute Gasteiger partial charge is 0.411 e. The molecular weight excluding hydrogens is 280 g/mol. The van der Waals surface area contributed by atoms with E-state index in [1.165, 1.54) is 24.4 Å². The van der Waals surface area contributed by atoms with E-state index in [1.54, 1.807) is 6.92 Å². The highest BCUT2D eigenvalue weighted by molar-refractivity contribution is 5.84. The number of hydrogen-bond donors (Lipinski definition) is 2. The predicted molar refractivity (Wildman–Crippen MR) is 74.5 cm³/mol. The molecule has 110 valence electrons. The van der Waals surface area contributed by atoms with Crippen LogP contribution in [-0.2, 0) is 4.74 Å². The van der Waals surface area contributed by atoms with Gasteiger partial charge < -0.3 is 10.1 Å². The summed E-state index contributed by atoms with van der Waals surface area (Å²) >= 11 is 0. The molecule has 21 heavy (non-hydrogen) atoms. The van der Waals surface area contributed by atoms with Gasteiger partial charge in [0.2, 0.25) is 0 Å². The van der Waals surface area contributed by atoms with Crippen molar-refractivity contribution < 1.29 is 18.3 Å². The zero-order valence-corrected chi connectivity index (χ0v) is 11.2. The van der Waals surface area contributed by atoms with Crippen molar-refractivity contribution in [2.75, 3.05) is 17.2 Å². The molecule has 1 heterocycles. The van der Waals surface area contributed by atoms with Crippen LogP contribution in [0.3, 0.4) is 0 Å². The first-order valence-corrected chi connectivity index (χ1v) is 6.21. The van der Waals surface area contributed by atoms with Gasteiger partial charge in [-0.05, 0) is 31.2 Å². The fraction of sp³-hybridized carbons (Fsp3) is 0.143. The number of amides is 1. The molecule has 0 radical (unpaired) electrons. The summed E-state index contributed by atoms with van der Waals surface area (Å²) in [5.74, 6) is -1.19. The lowest BCUT2D eigenvalue weighted by molar-refractivity contribution is 0.168. The number of para-hydroxylation sites is 1. The average Bonchev–Trinajstić information content (AvgIpc) is 2.45. The van der Waals surface area contributed by atoms with E-state index in [0.29, 0.717) is 5.69 Å². The van der Waals surface area contributed by atoms with Crippen LogP contribution in [-0.4, -0.2) is 17.7 Å². The Labute approximate surface area is 120 Å². The first kappa shape index (κ1) is 14.7. The Morgan fingerprint density at radius 3 is 2.52 bits per heavy atom. The SMILES string of the molecule is CCOC(=O)Nc1ccc(Nc2c(F)cccc2F)nc1. The number of anilines is 3. The van der Waals surface area contributed by atoms with E-state index < -0.39 is 17.7 Å². The monoisotopic (exact) mass is 293 g/mol. The van der Waals surface area contributed by atoms with E-state index in [1.807, 2.05) is 0 Å². The minimum absolute atomic E-state index is 0.244. The van der Waals surface area contributed by atoms with Gasteiger partial charge in [0.15, 0.2) is 0 Å². The van der Waals surface area contributed by atoms with E-state index >= 15 is 0 Å². The van der Waals surface area contributed by atoms with Crippen LogP contribution in [0.1, 0.15) is 6.92 Å². The first-order chi connectivity index (χ1) is 10.1. The number of rotatable bonds is 4. The molecule has 0 bridgehead atoms. The van der Waals surface area contributed by atoms with E-state index in [2.05, 4.69) is 15.6 Å². The molecule has 0 aliphatic carbocycles. The quantitative estimate of drug-likeness (QED) is 0.902. The molecule has 0 saturated heterocycles. The molecule has 1 aromatic heterocycles. The molecule has 2 N–H and O–H groups in total. The maximum absolute atomic E-state index is 13.5. The molecule has 7 heteroatoms. The molecule has 1 amide bonds. The third-order valence-corrected chi connectivity index (χ3v) is 2.50. The maximum Gasteiger partial charge on any atom is 0.411 e. The third-order valence-electron chi connectivity index (χ3n) is 2.50. The summed E-state index contributed by atoms with van der Waals surface area (Å²) < 4.78 is 31.6. The highest BCUT2D eigenvalue weighted by Gasteiger charge is 2.09. The lowest BCUT2D eigenvalue weighted by Gasteiger charge is -2.09. The largest absolute Gasteiger partial charge is 0.450 e. The zero-order chi connectivity index (χ0) is 15.2. The van der Waals surface area contributed by atoms with Crippen molar-refractivity contribution in [3.63, 3.8) is 0 Å². The second-order valence-electron chi connectivity index (χ2n) is 4.00. The molecule has 0 saturated carbocycles. The molecule has 0 unspecified atom stereocenters. The number of halogens is 2. The Morgan fingerprint density at radius 2 is 1.95 bits per heavy atom. The van der Waals surface area contributed by atoms with Crippen molar-refractivity contribution in [3.05, 3.63) is 48.2 Å². The van der Waals surface area contributed by atoms with Crippen molar-refractivity contribution in [3.8, 4) is 0 Å². The average molecular weight is 293 g/mol. The van der Waals surface area contributed by atoms with E-state index in [9.17, 15) is 13.6 Å². The van der Waals surface area contributed by atoms with E-state index in [-0.39, 0.29) is 18.1 Å². The lowest BCUT2D eigenvalue weighted by atomic mass is 10.3. The Bertz CT molecular complexity index is 612. The highest BCUT2D eigenvalue weighted by Crippen LogP contribution is 2.22. The molecule has 2 rings (SSSR count). The third kappa shape index (κ3) is 3.88. The second-order valence-corrected chi connectivity index (χ2v) is 4.00. The summed E-state index contributed by atoms with van der Waals surface area (Å²) in [4.78, 5) is 15.2. The van der Waals surface area contributed by atoms with E-state index in [0.717, 1.165) is 12.1 Å². The van der Waals surface area contributed by atoms with Gasteiger partial charge in [-0.1, -0.05) is 6.07 Å². The van der Waals surface area contributed by atoms with Crippen LogP contribution in [0.5, 0.6) is 0 Å². The van der Waals surface area contributed by atoms with Crippen LogP contribution in [0, 0.1) is 11.6 Å². The van der Waals surface area contributed by atoms with Crippen molar-refractivity contribution in [2.24, 2.45) is 0 Å². The molecule has 0 atom stereocenters. The summed E-state index contributed by atoms with van der Waals surface area (Å²) in [6, 6.07) is 6.57. The van der Waals surface area contributed by atoms with Crippen molar-refractivity contribution >= 4 is 23.3 Å². The zero-order valence-electron chi connectivity index (χ0n) is 11.2. The van der Waals surface area contributed by atoms with Crippen LogP contribution in [0.4, 0.5) is 30.8 Å². The highest BCUT2D eigenvalue weighted by atomic mass is 19.1. The predicted octanol–water partition coefficient (Wildman–Crippen LogP) is 3.67. The van der Waals surface area contributed by atoms with Gasteiger partial charge in [0.1, 0.15) is 23.1 Å². The Morgan fingerprint density at radius 1 is 1.24 bits per heavy atom. The van der Waals surface area contributed by atoms with Crippen molar-refractivity contribution in [1.82, 2.24) is 4.98 Å². The number of carbonyl (C=O) groups is 1. The standard InChI is InChI=1S/C14H13F2N3O2/c1-2-21-14(20)18-9-6-7-12(17-8-9)19-13-10(15)4-3-5-11(13)16/h3-8H,2H2,1H3,(H,17,19)(H,18,20). The number of nitrogens with one attached hydrogen (secondary N) is 2. The van der Waals surface area contributed by atoms with Gasteiger partial charge in [0.25, 0.3) is 0 Å². The normalized spacial score (nSPS) is 10.0. The van der Waals surface area contributed by atoms with Crippen LogP contribution in [0.2, 0.25) is 0 Å². The summed E-state index contributed by atoms with van der Waals surface area (Å²) in [6.45, 7) is 1.94. The second kappa shape index (κ2) is 6.65. The summed E-state index contributed by atoms with van der Waals surface area (Å²) in [6.07, 6.45) is 0.748. The topological polar surface area (TPSA) is 63.2 Å². The first-order valence-electron chi connectivity index (χ1n) is 6.21. The van der Waals surface area contributed by atoms with Gasteiger partial charge in [-0.15, -0.1) is 0 Å². The molecule has 2 aromatic rings. The Hall–Kier alpha value is -2.70. The van der Waals surface area contributed by atoms with E-state index in [4.69, 9.17) is 4.74 Å². The summed E-state index contributed by atoms with van der Waals surface area (Å²) in [7, 11) is 0. The van der Waals surface area contributed by atoms with Gasteiger partial charge in [-0.3, -0.25) is 5.32 Å². The fourth-order valence-corrected chi connectivity index (χ4v) is 1.57. The number of aromatic nitrogens is 1. The van der Waals surface area contributed by atoms with Crippen LogP contribution in [0.25, 0.3) is 0 Å². The molecule has 1 aromatic carbocycles. The molecule has 0 aliphatic heterocycles. The van der Waals surface area contributed by atoms with Crippen LogP contribution in [0.15, 0.2) is 36.5 Å². The van der Waals surface area contributed by atoms with Crippen molar-refractivity contribution in [2.45, 2.75) is 6.92 Å². The molecule has 5 nitrogen and oxygen atoms in total. The number of hydrogen-bond acceptors (Lipinski definition) is 4. The number of ether oxygens (including phenoxy) is 1. The minimum atomic E-state index is -0.717. The maximum atomic E-state index is 13.5. The Kier molecular flexibility index (Phi) is 4.65. The molecule has 0 spiro atoms. The van der Waals surface area contributed by atoms with Gasteiger partial charge >= 0.3 is 6.09 Å².